The van der Waals surface area contributed by atoms with E-state index in [1.807, 2.05) is 0 Å². The van der Waals surface area contributed by atoms with E-state index in [0.29, 0.717) is 0 Å². The van der Waals surface area contributed by atoms with Crippen LogP contribution < -0.4 is 0 Å². The van der Waals surface area contributed by atoms with Crippen LogP contribution in [0.2, 0.25) is 0 Å². The molecule has 0 spiro atoms. The standard InChI is InChI=1S/C45H70N2/c1-5-9-13-16-17-18-19-20-21-22-25-29-43-42(28-12-8-4)44(40-34-30-38(31-35-40)26-23-14-10-6-2)47(46)45(43)41-36-32-39(33-37-41)27-24-15-11-7-3/h30-37H,5-29H2,1-4H3. The van der Waals surface area contributed by atoms with Crippen LogP contribution in [-0.2, 0) is 12.8 Å². The van der Waals surface area contributed by atoms with Gasteiger partial charge in [-0.2, -0.15) is 0 Å². The molecule has 0 saturated carbocycles. The van der Waals surface area contributed by atoms with Crippen LogP contribution in [0.5, 0.6) is 0 Å². The lowest BCUT2D eigenvalue weighted by atomic mass is 9.91. The van der Waals surface area contributed by atoms with E-state index in [2.05, 4.69) is 76.2 Å². The minimum Gasteiger partial charge on any atom is -0.493 e. The number of hydrogen-bond acceptors (Lipinski definition) is 0. The molecular formula is C45H70N2. The number of rotatable bonds is 27. The van der Waals surface area contributed by atoms with Gasteiger partial charge < -0.3 is 5.53 Å². The van der Waals surface area contributed by atoms with Gasteiger partial charge in [0.25, 0.3) is 0 Å². The van der Waals surface area contributed by atoms with Crippen LogP contribution in [0.3, 0.4) is 0 Å². The third kappa shape index (κ3) is 13.5. The molecule has 0 radical (unpaired) electrons. The second-order valence-corrected chi connectivity index (χ2v) is 14.4. The fourth-order valence-corrected chi connectivity index (χ4v) is 7.27. The lowest BCUT2D eigenvalue weighted by Gasteiger charge is -2.11. The summed E-state index contributed by atoms with van der Waals surface area (Å²) in [6, 6.07) is 18.3. The van der Waals surface area contributed by atoms with Crippen LogP contribution in [-0.4, -0.2) is 4.70 Å². The SMILES string of the molecule is CCCCCCCCCCCCCC1=C(c2ccc(CCCCCC)cc2)[N+](=[N-])C(c2ccc(CCCCCC)cc2)=C1CCCC. The Bertz CT molecular complexity index is 1200. The molecule has 0 amide bonds. The molecule has 2 nitrogen and oxygen atoms in total. The quantitative estimate of drug-likeness (QED) is 0.0687. The maximum Gasteiger partial charge on any atom is 0.211 e. The van der Waals surface area contributed by atoms with Crippen molar-refractivity contribution < 1.29 is 4.70 Å². The maximum absolute atomic E-state index is 12.0. The molecule has 0 aromatic heterocycles. The molecule has 1 aliphatic heterocycles. The predicted octanol–water partition coefficient (Wildman–Crippen LogP) is 15.0. The van der Waals surface area contributed by atoms with Gasteiger partial charge in [0.05, 0.1) is 0 Å². The normalized spacial score (nSPS) is 13.4. The molecule has 0 bridgehead atoms. The molecule has 2 aromatic rings. The van der Waals surface area contributed by atoms with Crippen molar-refractivity contribution in [1.82, 2.24) is 0 Å². The van der Waals surface area contributed by atoms with Gasteiger partial charge in [-0.05, 0) is 86.8 Å². The lowest BCUT2D eigenvalue weighted by molar-refractivity contribution is -0.345. The molecule has 47 heavy (non-hydrogen) atoms. The lowest BCUT2D eigenvalue weighted by Crippen LogP contribution is -2.03. The van der Waals surface area contributed by atoms with Crippen molar-refractivity contribution in [3.8, 4) is 0 Å². The van der Waals surface area contributed by atoms with E-state index >= 15 is 0 Å². The second-order valence-electron chi connectivity index (χ2n) is 14.4. The smallest absolute Gasteiger partial charge is 0.211 e. The number of hydrogen-bond donors (Lipinski definition) is 0. The van der Waals surface area contributed by atoms with E-state index in [9.17, 15) is 5.53 Å². The highest BCUT2D eigenvalue weighted by atomic mass is 15.2. The Morgan fingerprint density at radius 1 is 0.362 bits per heavy atom. The Kier molecular flexibility index (Phi) is 19.7. The van der Waals surface area contributed by atoms with E-state index in [0.717, 1.165) is 61.0 Å². The van der Waals surface area contributed by atoms with Crippen molar-refractivity contribution in [1.29, 1.82) is 0 Å². The Labute approximate surface area is 291 Å². The molecule has 2 heteroatoms. The molecule has 1 heterocycles. The monoisotopic (exact) mass is 639 g/mol. The van der Waals surface area contributed by atoms with Crippen molar-refractivity contribution in [2.75, 3.05) is 0 Å². The van der Waals surface area contributed by atoms with Crippen molar-refractivity contribution in [3.05, 3.63) is 87.5 Å². The van der Waals surface area contributed by atoms with Crippen molar-refractivity contribution in [3.63, 3.8) is 0 Å². The summed E-state index contributed by atoms with van der Waals surface area (Å²) in [6.45, 7) is 9.13. The largest absolute Gasteiger partial charge is 0.493 e. The van der Waals surface area contributed by atoms with Crippen molar-refractivity contribution in [2.24, 2.45) is 0 Å². The van der Waals surface area contributed by atoms with Crippen LogP contribution in [0, 0.1) is 0 Å². The first-order valence-electron chi connectivity index (χ1n) is 20.3. The van der Waals surface area contributed by atoms with E-state index in [-0.39, 0.29) is 0 Å². The number of benzene rings is 2. The fourth-order valence-electron chi connectivity index (χ4n) is 7.27. The number of aryl methyl sites for hydroxylation is 2. The number of unbranched alkanes of at least 4 members (excludes halogenated alkanes) is 17. The van der Waals surface area contributed by atoms with E-state index < -0.39 is 0 Å². The molecule has 0 saturated heterocycles. The summed E-state index contributed by atoms with van der Waals surface area (Å²) >= 11 is 0. The Hall–Kier alpha value is -2.48. The molecule has 0 fully saturated rings. The summed E-state index contributed by atoms with van der Waals surface area (Å²) in [6.07, 6.45) is 31.9. The maximum atomic E-state index is 12.0. The molecule has 1 aliphatic rings. The minimum absolute atomic E-state index is 1.02. The first kappa shape index (κ1) is 39.0. The van der Waals surface area contributed by atoms with Crippen LogP contribution in [0.25, 0.3) is 16.9 Å². The molecule has 0 atom stereocenters. The Morgan fingerprint density at radius 2 is 0.660 bits per heavy atom. The zero-order valence-corrected chi connectivity index (χ0v) is 31.2. The number of nitrogens with zero attached hydrogens (tertiary/aromatic N) is 2. The average molecular weight is 639 g/mol. The highest BCUT2D eigenvalue weighted by Gasteiger charge is 2.35. The summed E-state index contributed by atoms with van der Waals surface area (Å²) < 4.78 is 1.57. The Balaban J connectivity index is 1.78. The van der Waals surface area contributed by atoms with Crippen molar-refractivity contribution in [2.45, 2.75) is 188 Å². The van der Waals surface area contributed by atoms with Gasteiger partial charge in [-0.3, -0.25) is 0 Å². The molecule has 0 aliphatic carbocycles. The third-order valence-electron chi connectivity index (χ3n) is 10.3. The summed E-state index contributed by atoms with van der Waals surface area (Å²) in [5.41, 5.74) is 22.0. The highest BCUT2D eigenvalue weighted by molar-refractivity contribution is 5.82. The third-order valence-corrected chi connectivity index (χ3v) is 10.3. The summed E-state index contributed by atoms with van der Waals surface area (Å²) in [7, 11) is 0. The zero-order valence-electron chi connectivity index (χ0n) is 31.2. The van der Waals surface area contributed by atoms with Gasteiger partial charge >= 0.3 is 0 Å². The van der Waals surface area contributed by atoms with Crippen LogP contribution in [0.4, 0.5) is 0 Å². The minimum atomic E-state index is 1.02. The molecular weight excluding hydrogens is 569 g/mol. The van der Waals surface area contributed by atoms with E-state index in [4.69, 9.17) is 0 Å². The average Bonchev–Trinajstić information content (AvgIpc) is 3.37. The van der Waals surface area contributed by atoms with Crippen LogP contribution in [0.15, 0.2) is 59.7 Å². The Morgan fingerprint density at radius 3 is 1.04 bits per heavy atom. The van der Waals surface area contributed by atoms with Crippen LogP contribution >= 0.6 is 0 Å². The van der Waals surface area contributed by atoms with Crippen molar-refractivity contribution >= 4 is 11.4 Å². The van der Waals surface area contributed by atoms with Gasteiger partial charge in [0.2, 0.25) is 11.4 Å². The van der Waals surface area contributed by atoms with Gasteiger partial charge in [-0.25, -0.2) is 4.70 Å². The molecule has 3 rings (SSSR count). The van der Waals surface area contributed by atoms with Gasteiger partial charge in [-0.15, -0.1) is 0 Å². The van der Waals surface area contributed by atoms with E-state index in [1.165, 1.54) is 144 Å². The van der Waals surface area contributed by atoms with Crippen LogP contribution in [0.1, 0.15) is 198 Å². The first-order valence-corrected chi connectivity index (χ1v) is 20.3. The summed E-state index contributed by atoms with van der Waals surface area (Å²) in [5, 5.41) is 0. The topological polar surface area (TPSA) is 25.3 Å². The first-order chi connectivity index (χ1) is 23.1. The predicted molar refractivity (Wildman–Crippen MR) is 207 cm³/mol. The molecule has 0 unspecified atom stereocenters. The van der Waals surface area contributed by atoms with Gasteiger partial charge in [0, 0.05) is 22.3 Å². The number of allylic oxidation sites excluding steroid dienone is 2. The fraction of sp³-hybridized carbons (Fsp3) is 0.644. The molecule has 2 aromatic carbocycles. The molecule has 0 N–H and O–H groups in total. The highest BCUT2D eigenvalue weighted by Crippen LogP contribution is 2.44. The van der Waals surface area contributed by atoms with Gasteiger partial charge in [0.15, 0.2) is 0 Å². The second kappa shape index (κ2) is 23.8. The van der Waals surface area contributed by atoms with E-state index in [1.54, 1.807) is 4.70 Å². The summed E-state index contributed by atoms with van der Waals surface area (Å²) in [4.78, 5) is 0. The zero-order chi connectivity index (χ0) is 33.5. The van der Waals surface area contributed by atoms with Gasteiger partial charge in [-0.1, -0.05) is 161 Å². The van der Waals surface area contributed by atoms with Gasteiger partial charge in [0.1, 0.15) is 0 Å². The molecule has 260 valence electrons. The summed E-state index contributed by atoms with van der Waals surface area (Å²) in [5.74, 6) is 0.